The van der Waals surface area contributed by atoms with Crippen molar-refractivity contribution < 1.29 is 13.6 Å². The van der Waals surface area contributed by atoms with Crippen LogP contribution in [0, 0.1) is 0 Å². The van der Waals surface area contributed by atoms with Gasteiger partial charge in [-0.2, -0.15) is 8.78 Å². The maximum Gasteiger partial charge on any atom is 0.319 e. The average Bonchev–Trinajstić information content (AvgIpc) is 2.94. The monoisotopic (exact) mass is 325 g/mol. The third kappa shape index (κ3) is 4.14. The van der Waals surface area contributed by atoms with Crippen LogP contribution in [0.5, 0.6) is 0 Å². The maximum atomic E-state index is 12.7. The minimum Gasteiger partial charge on any atom is -0.335 e. The highest BCUT2D eigenvalue weighted by Gasteiger charge is 2.14. The van der Waals surface area contributed by atoms with E-state index < -0.39 is 6.55 Å². The largest absolute Gasteiger partial charge is 0.335 e. The lowest BCUT2D eigenvalue weighted by molar-refractivity contribution is -0.125. The van der Waals surface area contributed by atoms with E-state index in [4.69, 9.17) is 11.6 Å². The van der Waals surface area contributed by atoms with Gasteiger partial charge in [0.05, 0.1) is 6.54 Å². The van der Waals surface area contributed by atoms with E-state index >= 15 is 0 Å². The van der Waals surface area contributed by atoms with Gasteiger partial charge in [-0.3, -0.25) is 9.36 Å². The number of rotatable bonds is 5. The summed E-state index contributed by atoms with van der Waals surface area (Å²) in [5.41, 5.74) is 0.820. The molecular weight excluding hydrogens is 312 g/mol. The van der Waals surface area contributed by atoms with Crippen molar-refractivity contribution in [3.8, 4) is 0 Å². The second-order valence-corrected chi connectivity index (χ2v) is 5.04. The Kier molecular flexibility index (Phi) is 5.27. The molecule has 1 aromatic heterocycles. The lowest BCUT2D eigenvalue weighted by Gasteiger charge is -2.15. The van der Waals surface area contributed by atoms with Gasteiger partial charge in [-0.15, -0.1) is 0 Å². The molecule has 0 aliphatic rings. The third-order valence-electron chi connectivity index (χ3n) is 3.00. The molecule has 0 fully saturated rings. The first kappa shape index (κ1) is 16.2. The predicted octanol–water partition coefficient (Wildman–Crippen LogP) is 3.60. The molecule has 2 aromatic rings. The molecule has 1 heterocycles. The van der Waals surface area contributed by atoms with Gasteiger partial charge in [0.25, 0.3) is 0 Å². The molecule has 0 aliphatic heterocycles. The predicted molar refractivity (Wildman–Crippen MR) is 80.4 cm³/mol. The summed E-state index contributed by atoms with van der Waals surface area (Å²) in [4.78, 5) is 17.1. The van der Waals surface area contributed by atoms with Gasteiger partial charge in [-0.1, -0.05) is 23.7 Å². The second kappa shape index (κ2) is 7.17. The van der Waals surface area contributed by atoms with Crippen LogP contribution >= 0.6 is 11.6 Å². The molecule has 0 aliphatic carbocycles. The van der Waals surface area contributed by atoms with E-state index in [9.17, 15) is 13.6 Å². The maximum absolute atomic E-state index is 12.7. The molecule has 4 nitrogen and oxygen atoms in total. The first-order valence-electron chi connectivity index (χ1n) is 6.46. The zero-order chi connectivity index (χ0) is 16.1. The highest BCUT2D eigenvalue weighted by Crippen LogP contribution is 2.14. The summed E-state index contributed by atoms with van der Waals surface area (Å²) in [7, 11) is 1.53. The molecule has 7 heteroatoms. The van der Waals surface area contributed by atoms with Crippen LogP contribution in [0.3, 0.4) is 0 Å². The normalized spacial score (nSPS) is 11.3. The van der Waals surface area contributed by atoms with E-state index in [-0.39, 0.29) is 18.3 Å². The first-order chi connectivity index (χ1) is 10.5. The fourth-order valence-corrected chi connectivity index (χ4v) is 1.93. The summed E-state index contributed by atoms with van der Waals surface area (Å²) in [5, 5.41) is 0.611. The van der Waals surface area contributed by atoms with Gasteiger partial charge in [0.1, 0.15) is 5.82 Å². The van der Waals surface area contributed by atoms with Crippen LogP contribution < -0.4 is 0 Å². The molecule has 2 rings (SSSR count). The molecule has 0 unspecified atom stereocenters. The van der Waals surface area contributed by atoms with Gasteiger partial charge in [0.15, 0.2) is 0 Å². The summed E-state index contributed by atoms with van der Waals surface area (Å²) in [6.45, 7) is -2.67. The first-order valence-corrected chi connectivity index (χ1v) is 6.84. The summed E-state index contributed by atoms with van der Waals surface area (Å²) < 4.78 is 26.1. The lowest BCUT2D eigenvalue weighted by atomic mass is 10.2. The number of hydrogen-bond donors (Lipinski definition) is 0. The van der Waals surface area contributed by atoms with Crippen molar-refractivity contribution in [1.82, 2.24) is 14.5 Å². The van der Waals surface area contributed by atoms with E-state index in [2.05, 4.69) is 4.98 Å². The van der Waals surface area contributed by atoms with Crippen LogP contribution in [0.4, 0.5) is 8.78 Å². The highest BCUT2D eigenvalue weighted by molar-refractivity contribution is 6.30. The number of benzene rings is 1. The van der Waals surface area contributed by atoms with Gasteiger partial charge in [-0.05, 0) is 23.8 Å². The number of amides is 1. The van der Waals surface area contributed by atoms with Crippen LogP contribution in [-0.2, 0) is 11.3 Å². The molecule has 0 saturated heterocycles. The molecule has 0 spiro atoms. The van der Waals surface area contributed by atoms with Crippen LogP contribution in [0.1, 0.15) is 17.9 Å². The van der Waals surface area contributed by atoms with Crippen LogP contribution in [-0.4, -0.2) is 27.4 Å². The molecule has 22 heavy (non-hydrogen) atoms. The zero-order valence-electron chi connectivity index (χ0n) is 11.8. The SMILES string of the molecule is CN(Cc1nccn1C(F)F)C(=O)/C=C/c1ccc(Cl)cc1. The number of aromatic nitrogens is 2. The third-order valence-corrected chi connectivity index (χ3v) is 3.25. The smallest absolute Gasteiger partial charge is 0.319 e. The number of likely N-dealkylation sites (N-methyl/N-ethyl adjacent to an activating group) is 1. The Morgan fingerprint density at radius 3 is 2.73 bits per heavy atom. The van der Waals surface area contributed by atoms with Gasteiger partial charge < -0.3 is 4.90 Å². The minimum absolute atomic E-state index is 0.00112. The number of carbonyl (C=O) groups is 1. The molecule has 0 radical (unpaired) electrons. The number of carbonyl (C=O) groups excluding carboxylic acids is 1. The molecule has 0 atom stereocenters. The van der Waals surface area contributed by atoms with Gasteiger partial charge >= 0.3 is 6.55 Å². The number of halogens is 3. The van der Waals surface area contributed by atoms with E-state index in [1.165, 1.54) is 30.4 Å². The molecule has 1 aromatic carbocycles. The van der Waals surface area contributed by atoms with E-state index in [0.29, 0.717) is 5.02 Å². The van der Waals surface area contributed by atoms with Crippen molar-refractivity contribution in [1.29, 1.82) is 0 Å². The van der Waals surface area contributed by atoms with Crippen molar-refractivity contribution in [2.45, 2.75) is 13.1 Å². The van der Waals surface area contributed by atoms with Crippen LogP contribution in [0.15, 0.2) is 42.7 Å². The summed E-state index contributed by atoms with van der Waals surface area (Å²) >= 11 is 5.77. The fraction of sp³-hybridized carbons (Fsp3) is 0.200. The van der Waals surface area contributed by atoms with Crippen molar-refractivity contribution in [2.75, 3.05) is 7.05 Å². The Labute approximate surface area is 131 Å². The van der Waals surface area contributed by atoms with Crippen molar-refractivity contribution in [3.63, 3.8) is 0 Å². The number of nitrogens with zero attached hydrogens (tertiary/aromatic N) is 3. The van der Waals surface area contributed by atoms with Gasteiger partial charge in [0, 0.05) is 30.5 Å². The zero-order valence-corrected chi connectivity index (χ0v) is 12.5. The Bertz CT molecular complexity index is 668. The number of imidazole rings is 1. The summed E-state index contributed by atoms with van der Waals surface area (Å²) in [6, 6.07) is 6.98. The molecule has 1 amide bonds. The standard InChI is InChI=1S/C15H14ClF2N3O/c1-20(10-13-19-8-9-21(13)15(17)18)14(22)7-4-11-2-5-12(16)6-3-11/h2-9,15H,10H2,1H3/b7-4+. The van der Waals surface area contributed by atoms with Gasteiger partial charge in [0.2, 0.25) is 5.91 Å². The number of alkyl halides is 2. The molecule has 0 bridgehead atoms. The van der Waals surface area contributed by atoms with Crippen molar-refractivity contribution in [3.05, 3.63) is 59.1 Å². The Morgan fingerprint density at radius 1 is 1.41 bits per heavy atom. The Morgan fingerprint density at radius 2 is 2.09 bits per heavy atom. The number of hydrogen-bond acceptors (Lipinski definition) is 2. The molecule has 0 N–H and O–H groups in total. The second-order valence-electron chi connectivity index (χ2n) is 4.61. The van der Waals surface area contributed by atoms with Crippen LogP contribution in [0.25, 0.3) is 6.08 Å². The molecular formula is C15H14ClF2N3O. The average molecular weight is 326 g/mol. The van der Waals surface area contributed by atoms with Crippen molar-refractivity contribution >= 4 is 23.6 Å². The molecule has 0 saturated carbocycles. The summed E-state index contributed by atoms with van der Waals surface area (Å²) in [6.07, 6.45) is 5.47. The minimum atomic E-state index is -2.68. The topological polar surface area (TPSA) is 38.1 Å². The van der Waals surface area contributed by atoms with Crippen molar-refractivity contribution in [2.24, 2.45) is 0 Å². The Balaban J connectivity index is 2.00. The highest BCUT2D eigenvalue weighted by atomic mass is 35.5. The fourth-order valence-electron chi connectivity index (χ4n) is 1.80. The Hall–Kier alpha value is -2.21. The van der Waals surface area contributed by atoms with Crippen LogP contribution in [0.2, 0.25) is 5.02 Å². The lowest BCUT2D eigenvalue weighted by Crippen LogP contribution is -2.26. The van der Waals surface area contributed by atoms with E-state index in [1.54, 1.807) is 30.3 Å². The summed E-state index contributed by atoms with van der Waals surface area (Å²) in [5.74, 6) is -0.176. The van der Waals surface area contributed by atoms with E-state index in [0.717, 1.165) is 10.1 Å². The quantitative estimate of drug-likeness (QED) is 0.788. The van der Waals surface area contributed by atoms with E-state index in [1.807, 2.05) is 0 Å². The van der Waals surface area contributed by atoms with Gasteiger partial charge in [-0.25, -0.2) is 4.98 Å². The molecule has 116 valence electrons.